The van der Waals surface area contributed by atoms with Gasteiger partial charge >= 0.3 is 0 Å². The van der Waals surface area contributed by atoms with E-state index in [1.165, 1.54) is 12.2 Å². The van der Waals surface area contributed by atoms with Crippen LogP contribution in [0.15, 0.2) is 34.9 Å². The summed E-state index contributed by atoms with van der Waals surface area (Å²) in [7, 11) is 0. The van der Waals surface area contributed by atoms with Crippen LogP contribution in [0.1, 0.15) is 0 Å². The van der Waals surface area contributed by atoms with Crippen LogP contribution in [0.5, 0.6) is 0 Å². The summed E-state index contributed by atoms with van der Waals surface area (Å²) in [4.78, 5) is 3.89. The van der Waals surface area contributed by atoms with Crippen molar-refractivity contribution in [3.05, 3.63) is 36.1 Å². The molecule has 1 atom stereocenters. The fourth-order valence-electron chi connectivity index (χ4n) is 1.00. The Morgan fingerprint density at radius 2 is 2.45 bits per heavy atom. The number of allylic oxidation sites excluding steroid dienone is 5. The molecule has 1 heterocycles. The summed E-state index contributed by atoms with van der Waals surface area (Å²) in [6.07, 6.45) is 8.84. The molecule has 0 saturated carbocycles. The average Bonchev–Trinajstić information content (AvgIpc) is 2.31. The molecular weight excluding hydrogens is 209 g/mol. The lowest BCUT2D eigenvalue weighted by Gasteiger charge is -2.13. The van der Waals surface area contributed by atoms with Gasteiger partial charge in [-0.3, -0.25) is 0 Å². The summed E-state index contributed by atoms with van der Waals surface area (Å²) in [5.74, 6) is 0. The fourth-order valence-corrected chi connectivity index (χ4v) is 1.38. The van der Waals surface area contributed by atoms with Crippen LogP contribution in [0, 0.1) is 6.20 Å². The van der Waals surface area contributed by atoms with Gasteiger partial charge in [-0.15, -0.1) is 0 Å². The van der Waals surface area contributed by atoms with Crippen molar-refractivity contribution in [1.82, 2.24) is 0 Å². The van der Waals surface area contributed by atoms with Crippen molar-refractivity contribution in [3.8, 4) is 0 Å². The molecule has 0 aromatic carbocycles. The van der Waals surface area contributed by atoms with Crippen LogP contribution in [0.25, 0.3) is 0 Å². The molecule has 55 valence electrons. The first-order valence-electron chi connectivity index (χ1n) is 3.14. The minimum atomic E-state index is -1.51. The van der Waals surface area contributed by atoms with E-state index >= 15 is 0 Å². The van der Waals surface area contributed by atoms with E-state index in [2.05, 4.69) is 27.1 Å². The number of aliphatic imine (C=N–C) groups is 1. The molecule has 1 aliphatic heterocycles. The first-order valence-corrected chi connectivity index (χ1v) is 3.93. The first kappa shape index (κ1) is 6.98. The third kappa shape index (κ3) is 1.20. The van der Waals surface area contributed by atoms with Gasteiger partial charge in [-0.2, -0.15) is 0 Å². The van der Waals surface area contributed by atoms with E-state index in [4.69, 9.17) is 0 Å². The first-order chi connectivity index (χ1) is 5.17. The molecule has 0 N–H and O–H groups in total. The number of hydrogen-bond acceptors (Lipinski definition) is 1. The third-order valence-electron chi connectivity index (χ3n) is 1.51. The molecule has 0 bridgehead atoms. The second-order valence-electron chi connectivity index (χ2n) is 2.38. The Morgan fingerprint density at radius 1 is 1.64 bits per heavy atom. The van der Waals surface area contributed by atoms with Crippen LogP contribution in [-0.2, 0) is 0 Å². The third-order valence-corrected chi connectivity index (χ3v) is 2.01. The SMILES string of the molecule is FC1(Br)C=CC2=N[C]=CC2=C1. The molecule has 1 nitrogen and oxygen atoms in total. The zero-order valence-corrected chi connectivity index (χ0v) is 7.10. The van der Waals surface area contributed by atoms with E-state index < -0.39 is 4.58 Å². The smallest absolute Gasteiger partial charge is 0.202 e. The molecular formula is C8H4BrFN. The Balaban J connectivity index is 2.45. The Kier molecular flexibility index (Phi) is 1.36. The minimum Gasteiger partial charge on any atom is -0.246 e. The Morgan fingerprint density at radius 3 is 3.27 bits per heavy atom. The molecule has 1 aliphatic carbocycles. The molecule has 2 aliphatic rings. The number of rotatable bonds is 0. The Bertz CT molecular complexity index is 310. The molecule has 0 aromatic heterocycles. The van der Waals surface area contributed by atoms with Crippen molar-refractivity contribution in [3.63, 3.8) is 0 Å². The predicted molar refractivity (Wildman–Crippen MR) is 45.2 cm³/mol. The number of hydrogen-bond donors (Lipinski definition) is 0. The molecule has 3 heteroatoms. The van der Waals surface area contributed by atoms with Crippen LogP contribution in [-0.4, -0.2) is 10.3 Å². The Hall–Kier alpha value is -0.700. The van der Waals surface area contributed by atoms with Gasteiger partial charge in [0.1, 0.15) is 0 Å². The zero-order chi connectivity index (χ0) is 7.90. The molecule has 0 spiro atoms. The maximum absolute atomic E-state index is 13.2. The van der Waals surface area contributed by atoms with Crippen molar-refractivity contribution in [2.24, 2.45) is 4.99 Å². The molecule has 0 amide bonds. The highest BCUT2D eigenvalue weighted by atomic mass is 79.9. The lowest BCUT2D eigenvalue weighted by atomic mass is 10.0. The molecule has 1 radical (unpaired) electrons. The second kappa shape index (κ2) is 2.14. The maximum atomic E-state index is 13.2. The van der Waals surface area contributed by atoms with Gasteiger partial charge in [0, 0.05) is 5.57 Å². The highest BCUT2D eigenvalue weighted by molar-refractivity contribution is 9.10. The highest BCUT2D eigenvalue weighted by Crippen LogP contribution is 2.30. The summed E-state index contributed by atoms with van der Waals surface area (Å²) >= 11 is 2.90. The van der Waals surface area contributed by atoms with Crippen LogP contribution in [0.4, 0.5) is 4.39 Å². The standard InChI is InChI=1S/C8H4BrFN/c9-8(10)3-1-7-6(5-8)2-4-11-7/h1-3,5H. The summed E-state index contributed by atoms with van der Waals surface area (Å²) in [5, 5.41) is 0. The van der Waals surface area contributed by atoms with Gasteiger partial charge in [0.25, 0.3) is 0 Å². The highest BCUT2D eigenvalue weighted by Gasteiger charge is 2.25. The minimum absolute atomic E-state index is 0.776. The predicted octanol–water partition coefficient (Wildman–Crippen LogP) is 2.31. The van der Waals surface area contributed by atoms with Crippen LogP contribution < -0.4 is 0 Å². The van der Waals surface area contributed by atoms with E-state index in [0.717, 1.165) is 11.3 Å². The summed E-state index contributed by atoms with van der Waals surface area (Å²) in [5.41, 5.74) is 1.56. The maximum Gasteiger partial charge on any atom is 0.202 e. The number of halogens is 2. The van der Waals surface area contributed by atoms with Crippen molar-refractivity contribution < 1.29 is 4.39 Å². The van der Waals surface area contributed by atoms with E-state index in [1.807, 2.05) is 0 Å². The van der Waals surface area contributed by atoms with Gasteiger partial charge < -0.3 is 0 Å². The zero-order valence-electron chi connectivity index (χ0n) is 5.51. The van der Waals surface area contributed by atoms with Crippen LogP contribution in [0.2, 0.25) is 0 Å². The molecule has 1 unspecified atom stereocenters. The van der Waals surface area contributed by atoms with Gasteiger partial charge in [0.15, 0.2) is 0 Å². The van der Waals surface area contributed by atoms with Crippen molar-refractivity contribution in [2.75, 3.05) is 0 Å². The fraction of sp³-hybridized carbons (Fsp3) is 0.125. The van der Waals surface area contributed by atoms with E-state index in [9.17, 15) is 4.39 Å². The van der Waals surface area contributed by atoms with E-state index in [0.29, 0.717) is 0 Å². The average molecular weight is 213 g/mol. The van der Waals surface area contributed by atoms with E-state index in [1.54, 1.807) is 12.2 Å². The van der Waals surface area contributed by atoms with Gasteiger partial charge in [0.2, 0.25) is 4.58 Å². The largest absolute Gasteiger partial charge is 0.246 e. The molecule has 0 fully saturated rings. The molecule has 0 aromatic rings. The second-order valence-corrected chi connectivity index (χ2v) is 3.59. The van der Waals surface area contributed by atoms with Crippen molar-refractivity contribution in [1.29, 1.82) is 0 Å². The molecule has 11 heavy (non-hydrogen) atoms. The number of nitrogens with zero attached hydrogens (tertiary/aromatic N) is 1. The lowest BCUT2D eigenvalue weighted by molar-refractivity contribution is 0.435. The summed E-state index contributed by atoms with van der Waals surface area (Å²) in [6.45, 7) is 0. The number of fused-ring (bicyclic) bond motifs is 1. The van der Waals surface area contributed by atoms with Crippen molar-refractivity contribution >= 4 is 21.6 Å². The van der Waals surface area contributed by atoms with E-state index in [-0.39, 0.29) is 0 Å². The van der Waals surface area contributed by atoms with Crippen LogP contribution >= 0.6 is 15.9 Å². The van der Waals surface area contributed by atoms with Gasteiger partial charge in [-0.25, -0.2) is 9.38 Å². The van der Waals surface area contributed by atoms with Crippen LogP contribution in [0.3, 0.4) is 0 Å². The van der Waals surface area contributed by atoms with Gasteiger partial charge in [-0.05, 0) is 40.2 Å². The Labute approximate surface area is 72.1 Å². The van der Waals surface area contributed by atoms with Gasteiger partial charge in [0.05, 0.1) is 11.9 Å². The molecule has 2 rings (SSSR count). The topological polar surface area (TPSA) is 12.4 Å². The number of alkyl halides is 2. The molecule has 0 saturated heterocycles. The quantitative estimate of drug-likeness (QED) is 0.547. The monoisotopic (exact) mass is 212 g/mol. The van der Waals surface area contributed by atoms with Crippen molar-refractivity contribution in [2.45, 2.75) is 4.58 Å². The lowest BCUT2D eigenvalue weighted by Crippen LogP contribution is -2.13. The van der Waals surface area contributed by atoms with Gasteiger partial charge in [-0.1, -0.05) is 0 Å². The summed E-state index contributed by atoms with van der Waals surface area (Å²) in [6, 6.07) is 0. The normalized spacial score (nSPS) is 33.3. The summed E-state index contributed by atoms with van der Waals surface area (Å²) < 4.78 is 11.6.